The number of para-hydroxylation sites is 1. The van der Waals surface area contributed by atoms with Gasteiger partial charge >= 0.3 is 6.09 Å². The van der Waals surface area contributed by atoms with Gasteiger partial charge in [0.2, 0.25) is 11.8 Å². The van der Waals surface area contributed by atoms with Gasteiger partial charge in [0.1, 0.15) is 6.10 Å². The molecule has 0 aromatic heterocycles. The number of amides is 3. The highest BCUT2D eigenvalue weighted by atomic mass is 16.6. The fraction of sp³-hybridized carbons (Fsp3) is 0.583. The molecule has 2 aromatic carbocycles. The Kier molecular flexibility index (Phi) is 14.2. The van der Waals surface area contributed by atoms with E-state index in [1.807, 2.05) is 61.5 Å². The molecule has 45 heavy (non-hydrogen) atoms. The van der Waals surface area contributed by atoms with E-state index in [-0.39, 0.29) is 29.8 Å². The number of anilines is 1. The van der Waals surface area contributed by atoms with Crippen molar-refractivity contribution in [2.24, 2.45) is 11.8 Å². The molecule has 2 fully saturated rings. The quantitative estimate of drug-likeness (QED) is 0.227. The molecule has 2 atom stereocenters. The third-order valence-electron chi connectivity index (χ3n) is 9.02. The van der Waals surface area contributed by atoms with E-state index in [2.05, 4.69) is 32.7 Å². The Morgan fingerprint density at radius 1 is 0.867 bits per heavy atom. The molecule has 4 rings (SSSR count). The van der Waals surface area contributed by atoms with E-state index >= 15 is 0 Å². The molecule has 2 aliphatic rings. The number of nitrogens with zero attached hydrogens (tertiary/aromatic N) is 2. The first-order chi connectivity index (χ1) is 21.9. The van der Waals surface area contributed by atoms with E-state index in [0.29, 0.717) is 6.54 Å². The van der Waals surface area contributed by atoms with Gasteiger partial charge in [-0.3, -0.25) is 14.9 Å². The number of hydrogen-bond donors (Lipinski definition) is 3. The number of nitrogens with one attached hydrogen (secondary N) is 3. The number of unbranched alkanes of at least 4 members (excludes halogenated alkanes) is 1. The Hall–Kier alpha value is -3.43. The van der Waals surface area contributed by atoms with Crippen LogP contribution in [-0.4, -0.2) is 86.2 Å². The summed E-state index contributed by atoms with van der Waals surface area (Å²) < 4.78 is 5.76. The van der Waals surface area contributed by atoms with E-state index < -0.39 is 6.09 Å². The topological polar surface area (TPSA) is 103 Å². The fourth-order valence-corrected chi connectivity index (χ4v) is 6.30. The van der Waals surface area contributed by atoms with Crippen LogP contribution in [0.4, 0.5) is 10.5 Å². The van der Waals surface area contributed by atoms with Crippen molar-refractivity contribution in [3.05, 3.63) is 54.6 Å². The van der Waals surface area contributed by atoms with Crippen LogP contribution in [0.2, 0.25) is 0 Å². The van der Waals surface area contributed by atoms with Crippen LogP contribution in [-0.2, 0) is 14.3 Å². The van der Waals surface area contributed by atoms with Crippen LogP contribution in [0.3, 0.4) is 0 Å². The number of likely N-dealkylation sites (tertiary alicyclic amines) is 2. The lowest BCUT2D eigenvalue weighted by Gasteiger charge is -2.32. The van der Waals surface area contributed by atoms with Crippen LogP contribution in [0.15, 0.2) is 54.6 Å². The molecular formula is C36H53N5O4. The van der Waals surface area contributed by atoms with Gasteiger partial charge in [-0.25, -0.2) is 4.79 Å². The first kappa shape index (κ1) is 34.4. The van der Waals surface area contributed by atoms with Crippen molar-refractivity contribution in [1.82, 2.24) is 20.4 Å². The summed E-state index contributed by atoms with van der Waals surface area (Å²) in [5, 5.41) is 9.09. The average Bonchev–Trinajstić information content (AvgIpc) is 3.07. The molecule has 9 heteroatoms. The highest BCUT2D eigenvalue weighted by molar-refractivity contribution is 5.91. The molecule has 2 heterocycles. The van der Waals surface area contributed by atoms with E-state index in [4.69, 9.17) is 4.74 Å². The molecule has 3 amide bonds. The van der Waals surface area contributed by atoms with E-state index in [0.717, 1.165) is 114 Å². The number of piperidine rings is 2. The summed E-state index contributed by atoms with van der Waals surface area (Å²) in [7, 11) is 0. The van der Waals surface area contributed by atoms with Crippen LogP contribution in [0, 0.1) is 11.8 Å². The molecule has 0 aliphatic carbocycles. The maximum Gasteiger partial charge on any atom is 0.411 e. The summed E-state index contributed by atoms with van der Waals surface area (Å²) >= 11 is 0. The van der Waals surface area contributed by atoms with Crippen molar-refractivity contribution in [3.63, 3.8) is 0 Å². The lowest BCUT2D eigenvalue weighted by atomic mass is 9.96. The van der Waals surface area contributed by atoms with Gasteiger partial charge in [-0.05, 0) is 69.7 Å². The molecule has 0 saturated carbocycles. The highest BCUT2D eigenvalue weighted by Gasteiger charge is 2.26. The molecule has 0 spiro atoms. The minimum atomic E-state index is -0.423. The van der Waals surface area contributed by atoms with Gasteiger partial charge < -0.3 is 25.2 Å². The Labute approximate surface area is 269 Å². The minimum Gasteiger partial charge on any atom is -0.446 e. The Bertz CT molecular complexity index is 1200. The largest absolute Gasteiger partial charge is 0.446 e. The normalized spacial score (nSPS) is 18.6. The molecule has 3 N–H and O–H groups in total. The second-order valence-electron chi connectivity index (χ2n) is 12.6. The zero-order valence-corrected chi connectivity index (χ0v) is 27.3. The zero-order valence-electron chi connectivity index (χ0n) is 27.3. The monoisotopic (exact) mass is 619 g/mol. The summed E-state index contributed by atoms with van der Waals surface area (Å²) in [6.45, 7) is 10.8. The minimum absolute atomic E-state index is 0.0106. The summed E-state index contributed by atoms with van der Waals surface area (Å²) in [4.78, 5) is 42.4. The number of benzene rings is 2. The summed E-state index contributed by atoms with van der Waals surface area (Å²) in [6.07, 6.45) is 6.98. The molecule has 9 nitrogen and oxygen atoms in total. The zero-order chi connectivity index (χ0) is 31.9. The molecule has 0 bridgehead atoms. The third kappa shape index (κ3) is 11.5. The summed E-state index contributed by atoms with van der Waals surface area (Å²) in [6, 6.07) is 17.7. The number of ether oxygens (including phenoxy) is 1. The van der Waals surface area contributed by atoms with Crippen LogP contribution >= 0.6 is 0 Å². The molecule has 0 radical (unpaired) electrons. The standard InChI is InChI=1S/C36H53N5O4/c1-3-20-37-35(43)30-15-11-23-41(27-30)22-10-9-12-28(2)34(42)38-21-26-40-24-18-31(19-25-40)45-36(44)39-33-17-8-7-16-32(33)29-13-5-4-6-14-29/h4-8,13-14,16-17,28,30-31H,3,9-12,15,18-27H2,1-2H3,(H,37,43)(H,38,42)(H,39,44)/t28?,30-/m1/s1. The molecule has 2 aromatic rings. The maximum absolute atomic E-state index is 12.7. The van der Waals surface area contributed by atoms with E-state index in [1.165, 1.54) is 0 Å². The average molecular weight is 620 g/mol. The Morgan fingerprint density at radius 2 is 1.62 bits per heavy atom. The number of carbonyl (C=O) groups excluding carboxylic acids is 3. The lowest BCUT2D eigenvalue weighted by molar-refractivity contribution is -0.127. The van der Waals surface area contributed by atoms with Crippen LogP contribution in [0.25, 0.3) is 11.1 Å². The van der Waals surface area contributed by atoms with Crippen molar-refractivity contribution in [3.8, 4) is 11.1 Å². The number of hydrogen-bond acceptors (Lipinski definition) is 6. The van der Waals surface area contributed by atoms with Crippen molar-refractivity contribution in [1.29, 1.82) is 0 Å². The van der Waals surface area contributed by atoms with Gasteiger partial charge in [-0.1, -0.05) is 68.8 Å². The van der Waals surface area contributed by atoms with Crippen molar-refractivity contribution in [2.75, 3.05) is 57.7 Å². The van der Waals surface area contributed by atoms with Crippen LogP contribution in [0.5, 0.6) is 0 Å². The molecule has 1 unspecified atom stereocenters. The first-order valence-corrected chi connectivity index (χ1v) is 17.0. The van der Waals surface area contributed by atoms with E-state index in [1.54, 1.807) is 0 Å². The van der Waals surface area contributed by atoms with Gasteiger partial charge in [0, 0.05) is 50.7 Å². The third-order valence-corrected chi connectivity index (χ3v) is 9.02. The van der Waals surface area contributed by atoms with E-state index in [9.17, 15) is 14.4 Å². The Morgan fingerprint density at radius 3 is 2.40 bits per heavy atom. The molecule has 2 aliphatic heterocycles. The predicted molar refractivity (Wildman–Crippen MR) is 180 cm³/mol. The number of carbonyl (C=O) groups is 3. The summed E-state index contributed by atoms with van der Waals surface area (Å²) in [5.41, 5.74) is 2.74. The fourth-order valence-electron chi connectivity index (χ4n) is 6.30. The smallest absolute Gasteiger partial charge is 0.411 e. The second kappa shape index (κ2) is 18.5. The Balaban J connectivity index is 1.05. The highest BCUT2D eigenvalue weighted by Crippen LogP contribution is 2.28. The first-order valence-electron chi connectivity index (χ1n) is 17.0. The molecular weight excluding hydrogens is 566 g/mol. The van der Waals surface area contributed by atoms with Gasteiger partial charge in [-0.2, -0.15) is 0 Å². The van der Waals surface area contributed by atoms with Gasteiger partial charge in [0.15, 0.2) is 0 Å². The van der Waals surface area contributed by atoms with Crippen LogP contribution in [0.1, 0.15) is 65.2 Å². The van der Waals surface area contributed by atoms with Crippen molar-refractivity contribution in [2.45, 2.75) is 71.3 Å². The second-order valence-corrected chi connectivity index (χ2v) is 12.6. The van der Waals surface area contributed by atoms with Crippen molar-refractivity contribution < 1.29 is 19.1 Å². The summed E-state index contributed by atoms with van der Waals surface area (Å²) in [5.74, 6) is 0.421. The van der Waals surface area contributed by atoms with Gasteiger partial charge in [0.25, 0.3) is 0 Å². The van der Waals surface area contributed by atoms with Crippen LogP contribution < -0.4 is 16.0 Å². The number of rotatable bonds is 15. The van der Waals surface area contributed by atoms with Crippen molar-refractivity contribution >= 4 is 23.6 Å². The predicted octanol–water partition coefficient (Wildman–Crippen LogP) is 5.53. The SMILES string of the molecule is CCCNC(=O)[C@@H]1CCCN(CCCCC(C)C(=O)NCCN2CCC(OC(=O)Nc3ccccc3-c3ccccc3)CC2)C1. The molecule has 246 valence electrons. The maximum atomic E-state index is 12.7. The molecule has 2 saturated heterocycles. The van der Waals surface area contributed by atoms with Gasteiger partial charge in [-0.15, -0.1) is 0 Å². The van der Waals surface area contributed by atoms with Gasteiger partial charge in [0.05, 0.1) is 11.6 Å². The lowest BCUT2D eigenvalue weighted by Crippen LogP contribution is -2.43.